The highest BCUT2D eigenvalue weighted by atomic mass is 35.5. The Morgan fingerprint density at radius 2 is 2.00 bits per heavy atom. The van der Waals surface area contributed by atoms with E-state index in [1.165, 1.54) is 11.1 Å². The monoisotopic (exact) mass is 428 g/mol. The van der Waals surface area contributed by atoms with Crippen LogP contribution in [0.3, 0.4) is 0 Å². The van der Waals surface area contributed by atoms with Gasteiger partial charge in [0.15, 0.2) is 11.3 Å². The summed E-state index contributed by atoms with van der Waals surface area (Å²) in [6.45, 7) is 4.03. The molecule has 4 heterocycles. The Labute approximate surface area is 181 Å². The molecule has 6 nitrogen and oxygen atoms in total. The van der Waals surface area contributed by atoms with Crippen LogP contribution in [-0.4, -0.2) is 37.6 Å². The maximum absolute atomic E-state index is 4.90. The molecule has 4 aromatic rings. The van der Waals surface area contributed by atoms with Gasteiger partial charge in [0.25, 0.3) is 0 Å². The van der Waals surface area contributed by atoms with Gasteiger partial charge in [-0.05, 0) is 49.2 Å². The van der Waals surface area contributed by atoms with E-state index in [9.17, 15) is 0 Å². The van der Waals surface area contributed by atoms with Crippen LogP contribution in [-0.2, 0) is 0 Å². The molecule has 3 aromatic heterocycles. The lowest BCUT2D eigenvalue weighted by Crippen LogP contribution is -2.20. The normalized spacial score (nSPS) is 14.7. The molecule has 0 spiro atoms. The van der Waals surface area contributed by atoms with Gasteiger partial charge in [0.2, 0.25) is 0 Å². The van der Waals surface area contributed by atoms with Crippen molar-refractivity contribution in [1.29, 1.82) is 0 Å². The molecule has 5 rings (SSSR count). The van der Waals surface area contributed by atoms with Crippen LogP contribution in [0.25, 0.3) is 27.8 Å². The second kappa shape index (κ2) is 8.86. The van der Waals surface area contributed by atoms with Gasteiger partial charge in [-0.25, -0.2) is 15.0 Å². The number of pyridine rings is 1. The largest absolute Gasteiger partial charge is 0.313 e. The molecule has 0 radical (unpaired) electrons. The summed E-state index contributed by atoms with van der Waals surface area (Å²) < 4.78 is 2.10. The summed E-state index contributed by atoms with van der Waals surface area (Å²) in [4.78, 5) is 18.3. The fourth-order valence-corrected chi connectivity index (χ4v) is 3.62. The Bertz CT molecular complexity index is 1170. The molecule has 1 unspecified atom stereocenters. The van der Waals surface area contributed by atoms with Gasteiger partial charge in [-0.3, -0.25) is 4.98 Å². The first-order chi connectivity index (χ1) is 13.3. The highest BCUT2D eigenvalue weighted by Crippen LogP contribution is 2.26. The number of hydrogen-bond donors (Lipinski definition) is 1. The van der Waals surface area contributed by atoms with E-state index in [1.807, 2.05) is 24.8 Å². The van der Waals surface area contributed by atoms with Crippen LogP contribution in [0.5, 0.6) is 0 Å². The van der Waals surface area contributed by atoms with Crippen molar-refractivity contribution in [2.24, 2.45) is 0 Å². The van der Waals surface area contributed by atoms with E-state index in [-0.39, 0.29) is 30.9 Å². The van der Waals surface area contributed by atoms with Gasteiger partial charge in [0, 0.05) is 18.1 Å². The SMILES string of the molecule is CC(c1ccc2ncccc2c1)n1cnc2ncc(C3=CCNCC3)nc21.Cl.Cl. The minimum atomic E-state index is 0. The molecule has 0 bridgehead atoms. The first-order valence-corrected chi connectivity index (χ1v) is 9.24. The van der Waals surface area contributed by atoms with Gasteiger partial charge in [-0.1, -0.05) is 18.2 Å². The molecule has 29 heavy (non-hydrogen) atoms. The Hall–Kier alpha value is -2.54. The molecule has 8 heteroatoms. The van der Waals surface area contributed by atoms with E-state index >= 15 is 0 Å². The number of imidazole rings is 1. The van der Waals surface area contributed by atoms with E-state index in [0.717, 1.165) is 41.8 Å². The number of benzene rings is 1. The van der Waals surface area contributed by atoms with Crippen LogP contribution in [0, 0.1) is 0 Å². The molecule has 1 aliphatic heterocycles. The topological polar surface area (TPSA) is 68.5 Å². The minimum absolute atomic E-state index is 0. The van der Waals surface area contributed by atoms with E-state index in [2.05, 4.69) is 62.1 Å². The molecule has 0 saturated heterocycles. The fraction of sp³-hybridized carbons (Fsp3) is 0.238. The van der Waals surface area contributed by atoms with Crippen molar-refractivity contribution in [1.82, 2.24) is 29.8 Å². The maximum Gasteiger partial charge on any atom is 0.197 e. The molecule has 1 N–H and O–H groups in total. The number of nitrogens with zero attached hydrogens (tertiary/aromatic N) is 5. The first kappa shape index (κ1) is 21.2. The number of hydrogen-bond acceptors (Lipinski definition) is 5. The van der Waals surface area contributed by atoms with Gasteiger partial charge in [-0.2, -0.15) is 0 Å². The quantitative estimate of drug-likeness (QED) is 0.529. The minimum Gasteiger partial charge on any atom is -0.313 e. The van der Waals surface area contributed by atoms with Crippen LogP contribution in [0.1, 0.15) is 30.6 Å². The average Bonchev–Trinajstić information content (AvgIpc) is 3.16. The zero-order chi connectivity index (χ0) is 18.2. The number of fused-ring (bicyclic) bond motifs is 2. The molecule has 1 atom stereocenters. The van der Waals surface area contributed by atoms with Crippen molar-refractivity contribution in [3.63, 3.8) is 0 Å². The Morgan fingerprint density at radius 3 is 2.83 bits per heavy atom. The van der Waals surface area contributed by atoms with E-state index in [1.54, 1.807) is 0 Å². The van der Waals surface area contributed by atoms with Crippen molar-refractivity contribution in [3.05, 3.63) is 66.4 Å². The zero-order valence-electron chi connectivity index (χ0n) is 15.9. The molecule has 1 aromatic carbocycles. The van der Waals surface area contributed by atoms with Crippen molar-refractivity contribution < 1.29 is 0 Å². The molecule has 0 amide bonds. The second-order valence-electron chi connectivity index (χ2n) is 6.87. The third-order valence-electron chi connectivity index (χ3n) is 5.20. The maximum atomic E-state index is 4.90. The van der Waals surface area contributed by atoms with Gasteiger partial charge >= 0.3 is 0 Å². The molecule has 0 aliphatic carbocycles. The predicted octanol–water partition coefficient (Wildman–Crippen LogP) is 4.20. The van der Waals surface area contributed by atoms with Crippen LogP contribution >= 0.6 is 24.8 Å². The lowest BCUT2D eigenvalue weighted by atomic mass is 10.1. The molecular formula is C21H22Cl2N6. The number of aromatic nitrogens is 5. The van der Waals surface area contributed by atoms with Gasteiger partial charge in [-0.15, -0.1) is 24.8 Å². The third-order valence-corrected chi connectivity index (χ3v) is 5.20. The van der Waals surface area contributed by atoms with Gasteiger partial charge in [0.05, 0.1) is 29.8 Å². The standard InChI is InChI=1S/C21H20N6.2ClH/c1-14(16-4-5-18-17(11-16)3-2-8-23-18)27-13-25-20-21(27)26-19(12-24-20)15-6-9-22-10-7-15;;/h2-6,8,11-14,22H,7,9-10H2,1H3;2*1H. The number of rotatable bonds is 3. The molecule has 0 fully saturated rings. The van der Waals surface area contributed by atoms with Gasteiger partial charge in [0.1, 0.15) is 0 Å². The zero-order valence-corrected chi connectivity index (χ0v) is 17.6. The predicted molar refractivity (Wildman–Crippen MR) is 121 cm³/mol. The summed E-state index contributed by atoms with van der Waals surface area (Å²) >= 11 is 0. The van der Waals surface area contributed by atoms with Gasteiger partial charge < -0.3 is 9.88 Å². The summed E-state index contributed by atoms with van der Waals surface area (Å²) in [5, 5.41) is 4.47. The van der Waals surface area contributed by atoms with Crippen molar-refractivity contribution in [3.8, 4) is 0 Å². The number of nitrogens with one attached hydrogen (secondary N) is 1. The number of halogens is 2. The summed E-state index contributed by atoms with van der Waals surface area (Å²) in [5.74, 6) is 0. The van der Waals surface area contributed by atoms with Crippen LogP contribution in [0.4, 0.5) is 0 Å². The van der Waals surface area contributed by atoms with E-state index in [0.29, 0.717) is 5.65 Å². The molecule has 1 aliphatic rings. The summed E-state index contributed by atoms with van der Waals surface area (Å²) in [5.41, 5.74) is 5.90. The molecule has 150 valence electrons. The van der Waals surface area contributed by atoms with Crippen LogP contribution < -0.4 is 5.32 Å². The fourth-order valence-electron chi connectivity index (χ4n) is 3.62. The Morgan fingerprint density at radius 1 is 1.10 bits per heavy atom. The smallest absolute Gasteiger partial charge is 0.197 e. The molecular weight excluding hydrogens is 407 g/mol. The Balaban J connectivity index is 0.00000120. The van der Waals surface area contributed by atoms with Crippen molar-refractivity contribution in [2.75, 3.05) is 13.1 Å². The van der Waals surface area contributed by atoms with E-state index in [4.69, 9.17) is 4.98 Å². The van der Waals surface area contributed by atoms with Crippen molar-refractivity contribution in [2.45, 2.75) is 19.4 Å². The second-order valence-corrected chi connectivity index (χ2v) is 6.87. The molecule has 0 saturated carbocycles. The summed E-state index contributed by atoms with van der Waals surface area (Å²) in [6, 6.07) is 10.5. The van der Waals surface area contributed by atoms with Crippen LogP contribution in [0.2, 0.25) is 0 Å². The van der Waals surface area contributed by atoms with Crippen molar-refractivity contribution >= 4 is 52.6 Å². The van der Waals surface area contributed by atoms with E-state index < -0.39 is 0 Å². The third kappa shape index (κ3) is 3.96. The summed E-state index contributed by atoms with van der Waals surface area (Å²) in [7, 11) is 0. The average molecular weight is 429 g/mol. The highest BCUT2D eigenvalue weighted by molar-refractivity contribution is 5.85. The lowest BCUT2D eigenvalue weighted by Gasteiger charge is -2.16. The highest BCUT2D eigenvalue weighted by Gasteiger charge is 2.16. The first-order valence-electron chi connectivity index (χ1n) is 9.24. The Kier molecular flexibility index (Phi) is 6.47. The summed E-state index contributed by atoms with van der Waals surface area (Å²) in [6.07, 6.45) is 8.66. The van der Waals surface area contributed by atoms with Crippen LogP contribution in [0.15, 0.2) is 55.1 Å². The lowest BCUT2D eigenvalue weighted by molar-refractivity contribution is 0.652.